The first kappa shape index (κ1) is 14.4. The second-order valence-corrected chi connectivity index (χ2v) is 5.44. The molecule has 0 aromatic heterocycles. The average Bonchev–Trinajstić information content (AvgIpc) is 2.26. The molecular formula is C13H20ClFN2. The van der Waals surface area contributed by atoms with Gasteiger partial charge in [0.15, 0.2) is 0 Å². The highest BCUT2D eigenvalue weighted by atomic mass is 35.5. The number of halogens is 2. The third-order valence-corrected chi connectivity index (χ3v) is 3.51. The zero-order chi connectivity index (χ0) is 13.2. The van der Waals surface area contributed by atoms with Gasteiger partial charge in [-0.1, -0.05) is 25.4 Å². The summed E-state index contributed by atoms with van der Waals surface area (Å²) in [4.78, 5) is 0. The first-order valence-corrected chi connectivity index (χ1v) is 6.04. The number of hydrogen-bond acceptors (Lipinski definition) is 2. The van der Waals surface area contributed by atoms with Crippen molar-refractivity contribution in [2.45, 2.75) is 26.8 Å². The van der Waals surface area contributed by atoms with E-state index in [1.165, 1.54) is 6.07 Å². The van der Waals surface area contributed by atoms with E-state index in [1.54, 1.807) is 13.0 Å². The van der Waals surface area contributed by atoms with E-state index in [2.05, 4.69) is 5.32 Å². The molecule has 1 atom stereocenters. The maximum Gasteiger partial charge on any atom is 0.126 e. The molecule has 96 valence electrons. The largest absolute Gasteiger partial charge is 0.330 e. The summed E-state index contributed by atoms with van der Waals surface area (Å²) in [6.07, 6.45) is 0. The standard InChI is InChI=1S/C13H20ClFN2/c1-8-5-10(14)9(6-11(8)15)12(17-4)13(2,3)7-16/h5-6,12,17H,7,16H2,1-4H3. The van der Waals surface area contributed by atoms with Crippen LogP contribution in [0.2, 0.25) is 5.02 Å². The molecule has 0 bridgehead atoms. The lowest BCUT2D eigenvalue weighted by molar-refractivity contribution is 0.265. The van der Waals surface area contributed by atoms with E-state index < -0.39 is 0 Å². The number of aryl methyl sites for hydroxylation is 1. The number of rotatable bonds is 4. The van der Waals surface area contributed by atoms with Crippen LogP contribution in [0.25, 0.3) is 0 Å². The Morgan fingerprint density at radius 3 is 2.53 bits per heavy atom. The predicted molar refractivity (Wildman–Crippen MR) is 70.8 cm³/mol. The molecule has 0 saturated carbocycles. The maximum atomic E-state index is 13.6. The van der Waals surface area contributed by atoms with Crippen LogP contribution in [0.5, 0.6) is 0 Å². The minimum atomic E-state index is -0.238. The number of benzene rings is 1. The second kappa shape index (κ2) is 5.34. The van der Waals surface area contributed by atoms with Gasteiger partial charge in [0.05, 0.1) is 0 Å². The molecule has 1 rings (SSSR count). The molecule has 0 aliphatic carbocycles. The van der Waals surface area contributed by atoms with Gasteiger partial charge in [0.2, 0.25) is 0 Å². The molecule has 0 spiro atoms. The Hall–Kier alpha value is -0.640. The molecule has 0 saturated heterocycles. The molecule has 0 aliphatic rings. The van der Waals surface area contributed by atoms with Gasteiger partial charge in [-0.05, 0) is 49.2 Å². The molecule has 0 heterocycles. The predicted octanol–water partition coefficient (Wildman–Crippen LogP) is 3.03. The Balaban J connectivity index is 3.26. The topological polar surface area (TPSA) is 38.0 Å². The number of nitrogens with two attached hydrogens (primary N) is 1. The van der Waals surface area contributed by atoms with Crippen LogP contribution in [0.4, 0.5) is 4.39 Å². The summed E-state index contributed by atoms with van der Waals surface area (Å²) < 4.78 is 13.6. The van der Waals surface area contributed by atoms with Crippen LogP contribution in [-0.4, -0.2) is 13.6 Å². The summed E-state index contributed by atoms with van der Waals surface area (Å²) in [5, 5.41) is 3.74. The molecule has 0 amide bonds. The van der Waals surface area contributed by atoms with Crippen LogP contribution < -0.4 is 11.1 Å². The highest BCUT2D eigenvalue weighted by molar-refractivity contribution is 6.31. The van der Waals surface area contributed by atoms with Crippen molar-refractivity contribution < 1.29 is 4.39 Å². The van der Waals surface area contributed by atoms with Gasteiger partial charge in [0, 0.05) is 11.1 Å². The van der Waals surface area contributed by atoms with E-state index in [0.717, 1.165) is 5.56 Å². The third kappa shape index (κ3) is 2.97. The Bertz CT molecular complexity index is 405. The molecule has 4 heteroatoms. The van der Waals surface area contributed by atoms with Gasteiger partial charge in [-0.25, -0.2) is 4.39 Å². The van der Waals surface area contributed by atoms with Crippen LogP contribution in [0.15, 0.2) is 12.1 Å². The third-order valence-electron chi connectivity index (χ3n) is 3.19. The van der Waals surface area contributed by atoms with Crippen LogP contribution >= 0.6 is 11.6 Å². The summed E-state index contributed by atoms with van der Waals surface area (Å²) >= 11 is 6.19. The van der Waals surface area contributed by atoms with Gasteiger partial charge >= 0.3 is 0 Å². The van der Waals surface area contributed by atoms with Gasteiger partial charge in [-0.2, -0.15) is 0 Å². The fourth-order valence-electron chi connectivity index (χ4n) is 1.97. The van der Waals surface area contributed by atoms with Crippen molar-refractivity contribution in [2.75, 3.05) is 13.6 Å². The molecule has 1 aromatic rings. The maximum absolute atomic E-state index is 13.6. The number of hydrogen-bond donors (Lipinski definition) is 2. The minimum absolute atomic E-state index is 0.0740. The molecule has 0 fully saturated rings. The van der Waals surface area contributed by atoms with Crippen molar-refractivity contribution in [3.05, 3.63) is 34.1 Å². The Labute approximate surface area is 107 Å². The summed E-state index contributed by atoms with van der Waals surface area (Å²) in [5.41, 5.74) is 6.88. The minimum Gasteiger partial charge on any atom is -0.330 e. The molecule has 1 unspecified atom stereocenters. The first-order valence-electron chi connectivity index (χ1n) is 5.66. The molecule has 0 aliphatic heterocycles. The zero-order valence-corrected chi connectivity index (χ0v) is 11.5. The van der Waals surface area contributed by atoms with Gasteiger partial charge in [-0.3, -0.25) is 0 Å². The average molecular weight is 259 g/mol. The van der Waals surface area contributed by atoms with Crippen LogP contribution in [-0.2, 0) is 0 Å². The summed E-state index contributed by atoms with van der Waals surface area (Å²) in [6.45, 7) is 6.25. The lowest BCUT2D eigenvalue weighted by Crippen LogP contribution is -2.38. The van der Waals surface area contributed by atoms with Crippen LogP contribution in [0.3, 0.4) is 0 Å². The van der Waals surface area contributed by atoms with E-state index in [9.17, 15) is 4.39 Å². The van der Waals surface area contributed by atoms with Crippen molar-refractivity contribution in [3.8, 4) is 0 Å². The van der Waals surface area contributed by atoms with Crippen molar-refractivity contribution in [1.82, 2.24) is 5.32 Å². The van der Waals surface area contributed by atoms with Crippen molar-refractivity contribution in [3.63, 3.8) is 0 Å². The van der Waals surface area contributed by atoms with Crippen molar-refractivity contribution in [1.29, 1.82) is 0 Å². The molecule has 0 radical (unpaired) electrons. The summed E-state index contributed by atoms with van der Waals surface area (Å²) in [7, 11) is 1.83. The fourth-order valence-corrected chi connectivity index (χ4v) is 2.30. The van der Waals surface area contributed by atoms with Gasteiger partial charge in [0.25, 0.3) is 0 Å². The van der Waals surface area contributed by atoms with E-state index in [-0.39, 0.29) is 17.3 Å². The zero-order valence-electron chi connectivity index (χ0n) is 10.8. The highest BCUT2D eigenvalue weighted by Crippen LogP contribution is 2.36. The van der Waals surface area contributed by atoms with Crippen molar-refractivity contribution >= 4 is 11.6 Å². The smallest absolute Gasteiger partial charge is 0.126 e. The van der Waals surface area contributed by atoms with Crippen LogP contribution in [0.1, 0.15) is 31.0 Å². The lowest BCUT2D eigenvalue weighted by Gasteiger charge is -2.34. The Morgan fingerprint density at radius 1 is 1.47 bits per heavy atom. The normalized spacial score (nSPS) is 13.8. The SMILES string of the molecule is CNC(c1cc(F)c(C)cc1Cl)C(C)(C)CN. The molecular weight excluding hydrogens is 239 g/mol. The summed E-state index contributed by atoms with van der Waals surface area (Å²) in [5.74, 6) is -0.238. The molecule has 3 N–H and O–H groups in total. The Kier molecular flexibility index (Phi) is 4.53. The van der Waals surface area contributed by atoms with E-state index in [4.69, 9.17) is 17.3 Å². The summed E-state index contributed by atoms with van der Waals surface area (Å²) in [6, 6.07) is 3.08. The van der Waals surface area contributed by atoms with E-state index in [0.29, 0.717) is 17.1 Å². The van der Waals surface area contributed by atoms with E-state index in [1.807, 2.05) is 20.9 Å². The second-order valence-electron chi connectivity index (χ2n) is 5.04. The first-order chi connectivity index (χ1) is 7.83. The molecule has 17 heavy (non-hydrogen) atoms. The quantitative estimate of drug-likeness (QED) is 0.871. The molecule has 2 nitrogen and oxygen atoms in total. The fraction of sp³-hybridized carbons (Fsp3) is 0.538. The van der Waals surface area contributed by atoms with Gasteiger partial charge in [-0.15, -0.1) is 0 Å². The Morgan fingerprint density at radius 2 is 2.06 bits per heavy atom. The van der Waals surface area contributed by atoms with Crippen LogP contribution in [0, 0.1) is 18.2 Å². The van der Waals surface area contributed by atoms with Gasteiger partial charge < -0.3 is 11.1 Å². The van der Waals surface area contributed by atoms with E-state index >= 15 is 0 Å². The number of nitrogens with one attached hydrogen (secondary N) is 1. The highest BCUT2D eigenvalue weighted by Gasteiger charge is 2.30. The lowest BCUT2D eigenvalue weighted by atomic mass is 9.80. The molecule has 1 aromatic carbocycles. The van der Waals surface area contributed by atoms with Gasteiger partial charge in [0.1, 0.15) is 5.82 Å². The van der Waals surface area contributed by atoms with Crippen molar-refractivity contribution in [2.24, 2.45) is 11.1 Å². The monoisotopic (exact) mass is 258 g/mol.